The molecule has 1 nitrogen and oxygen atoms in total. The summed E-state index contributed by atoms with van der Waals surface area (Å²) in [5.41, 5.74) is 0. The van der Waals surface area contributed by atoms with E-state index in [4.69, 9.17) is 3.79 Å². The van der Waals surface area contributed by atoms with E-state index in [0.717, 1.165) is 16.0 Å². The van der Waals surface area contributed by atoms with Gasteiger partial charge in [-0.05, 0) is 13.3 Å². The average molecular weight is 186 g/mol. The van der Waals surface area contributed by atoms with Crippen molar-refractivity contribution in [3.63, 3.8) is 0 Å². The van der Waals surface area contributed by atoms with Gasteiger partial charge in [-0.25, -0.2) is 0 Å². The molecule has 0 rings (SSSR count). The summed E-state index contributed by atoms with van der Waals surface area (Å²) in [6.45, 7) is 13.5. The van der Waals surface area contributed by atoms with Gasteiger partial charge in [-0.2, -0.15) is 0 Å². The monoisotopic (exact) mass is 186 g/mol. The van der Waals surface area contributed by atoms with E-state index in [2.05, 4.69) is 41.5 Å². The minimum absolute atomic E-state index is 0.464. The normalized spacial score (nSPS) is 14.0. The second-order valence-corrected chi connectivity index (χ2v) is 8.18. The fourth-order valence-corrected chi connectivity index (χ4v) is 4.35. The molecule has 0 aromatic carbocycles. The summed E-state index contributed by atoms with van der Waals surface area (Å²) >= 11 is -0.956. The third kappa shape index (κ3) is 4.50. The molecule has 0 saturated carbocycles. The summed E-state index contributed by atoms with van der Waals surface area (Å²) in [6.07, 6.45) is 1.61. The van der Waals surface area contributed by atoms with E-state index in [9.17, 15) is 0 Å². The predicted molar refractivity (Wildman–Crippen MR) is 56.8 cm³/mol. The molecule has 0 N–H and O–H groups in total. The van der Waals surface area contributed by atoms with Crippen LogP contribution in [0, 0.1) is 0 Å². The van der Waals surface area contributed by atoms with Crippen LogP contribution in [-0.4, -0.2) is 20.6 Å². The van der Waals surface area contributed by atoms with Crippen LogP contribution in [-0.2, 0) is 3.79 Å². The van der Waals surface area contributed by atoms with Gasteiger partial charge in [0.25, 0.3) is 0 Å². The highest BCUT2D eigenvalue weighted by Crippen LogP contribution is 2.22. The van der Waals surface area contributed by atoms with E-state index < -0.39 is 14.5 Å². The zero-order chi connectivity index (χ0) is 9.72. The standard InChI is InChI=1S/C4H9O.2C3H7.Al/c1-3-4(2)5;2*1-3-2;/h4H,3H2,1-2H3;2*3H,1-2H3;/q-1;;;+1. The molecule has 0 radical (unpaired) electrons. The second-order valence-electron chi connectivity index (χ2n) is 4.31. The first kappa shape index (κ1) is 12.5. The highest BCUT2D eigenvalue weighted by molar-refractivity contribution is 6.55. The molecule has 1 unspecified atom stereocenters. The fraction of sp³-hybridized carbons (Fsp3) is 1.00. The van der Waals surface area contributed by atoms with Gasteiger partial charge in [0.2, 0.25) is 0 Å². The summed E-state index contributed by atoms with van der Waals surface area (Å²) < 4.78 is 7.59. The van der Waals surface area contributed by atoms with Crippen molar-refractivity contribution in [2.45, 2.75) is 63.6 Å². The molecule has 0 aliphatic carbocycles. The largest absolute Gasteiger partial charge is 0.498 e. The van der Waals surface area contributed by atoms with Crippen LogP contribution < -0.4 is 0 Å². The Morgan fingerprint density at radius 3 is 1.67 bits per heavy atom. The molecule has 0 saturated heterocycles. The molecule has 0 heterocycles. The first-order valence-electron chi connectivity index (χ1n) is 5.14. The Morgan fingerprint density at radius 2 is 1.42 bits per heavy atom. The minimum Gasteiger partial charge on any atom is -0.498 e. The molecule has 1 atom stereocenters. The Hall–Kier alpha value is 0.492. The third-order valence-corrected chi connectivity index (χ3v) is 5.69. The van der Waals surface area contributed by atoms with Crippen molar-refractivity contribution in [1.29, 1.82) is 0 Å². The maximum atomic E-state index is 6.06. The molecule has 0 aliphatic rings. The summed E-state index contributed by atoms with van der Waals surface area (Å²) in [7, 11) is 0. The molecule has 0 aliphatic heterocycles. The Morgan fingerprint density at radius 1 is 1.00 bits per heavy atom. The molecule has 12 heavy (non-hydrogen) atoms. The van der Waals surface area contributed by atoms with Crippen LogP contribution in [0.5, 0.6) is 0 Å². The first-order valence-corrected chi connectivity index (χ1v) is 6.94. The summed E-state index contributed by atoms with van der Waals surface area (Å²) in [4.78, 5) is 0. The molecule has 0 bridgehead atoms. The lowest BCUT2D eigenvalue weighted by Gasteiger charge is -2.23. The fourth-order valence-electron chi connectivity index (χ4n) is 1.45. The van der Waals surface area contributed by atoms with Crippen molar-refractivity contribution < 1.29 is 3.79 Å². The van der Waals surface area contributed by atoms with Crippen LogP contribution in [0.15, 0.2) is 0 Å². The van der Waals surface area contributed by atoms with Gasteiger partial charge in [0.15, 0.2) is 0 Å². The van der Waals surface area contributed by atoms with Crippen molar-refractivity contribution in [3.8, 4) is 0 Å². The second kappa shape index (κ2) is 6.02. The number of hydrogen-bond acceptors (Lipinski definition) is 1. The Bertz CT molecular complexity index is 104. The highest BCUT2D eigenvalue weighted by Gasteiger charge is 2.29. The average Bonchev–Trinajstić information content (AvgIpc) is 1.98. The van der Waals surface area contributed by atoms with E-state index in [0.29, 0.717) is 6.10 Å². The summed E-state index contributed by atoms with van der Waals surface area (Å²) in [5.74, 6) is 0. The summed E-state index contributed by atoms with van der Waals surface area (Å²) in [5, 5.41) is 0. The highest BCUT2D eigenvalue weighted by atomic mass is 27.2. The quantitative estimate of drug-likeness (QED) is 0.596. The third-order valence-electron chi connectivity index (χ3n) is 2.28. The minimum atomic E-state index is -0.956. The van der Waals surface area contributed by atoms with Crippen LogP contribution in [0.1, 0.15) is 48.0 Å². The van der Waals surface area contributed by atoms with Gasteiger partial charge in [-0.3, -0.25) is 0 Å². The van der Waals surface area contributed by atoms with Crippen molar-refractivity contribution >= 4 is 14.5 Å². The zero-order valence-corrected chi connectivity index (χ0v) is 10.6. The van der Waals surface area contributed by atoms with Gasteiger partial charge in [-0.1, -0.05) is 44.2 Å². The smallest absolute Gasteiger partial charge is 0.466 e. The lowest BCUT2D eigenvalue weighted by Crippen LogP contribution is -2.29. The van der Waals surface area contributed by atoms with Crippen LogP contribution in [0.3, 0.4) is 0 Å². The molecule has 0 fully saturated rings. The van der Waals surface area contributed by atoms with E-state index in [1.165, 1.54) is 0 Å². The van der Waals surface area contributed by atoms with E-state index in [1.807, 2.05) is 0 Å². The van der Waals surface area contributed by atoms with Gasteiger partial charge in [-0.15, -0.1) is 0 Å². The van der Waals surface area contributed by atoms with Crippen molar-refractivity contribution in [2.75, 3.05) is 0 Å². The van der Waals surface area contributed by atoms with Crippen molar-refractivity contribution in [1.82, 2.24) is 0 Å². The molecular formula is C10H23AlO. The number of rotatable bonds is 5. The van der Waals surface area contributed by atoms with Gasteiger partial charge >= 0.3 is 14.5 Å². The summed E-state index contributed by atoms with van der Waals surface area (Å²) in [6, 6.07) is 0. The Balaban J connectivity index is 3.95. The molecule has 0 spiro atoms. The molecular weight excluding hydrogens is 163 g/mol. The molecule has 0 aromatic heterocycles. The van der Waals surface area contributed by atoms with E-state index in [-0.39, 0.29) is 0 Å². The molecule has 72 valence electrons. The van der Waals surface area contributed by atoms with Crippen LogP contribution in [0.4, 0.5) is 0 Å². The molecule has 0 amide bonds. The molecule has 2 heteroatoms. The topological polar surface area (TPSA) is 9.23 Å². The lowest BCUT2D eigenvalue weighted by atomic mass is 10.3. The number of hydrogen-bond donors (Lipinski definition) is 0. The van der Waals surface area contributed by atoms with Crippen LogP contribution in [0.25, 0.3) is 0 Å². The van der Waals surface area contributed by atoms with Gasteiger partial charge in [0, 0.05) is 6.10 Å². The van der Waals surface area contributed by atoms with Crippen LogP contribution in [0.2, 0.25) is 9.56 Å². The van der Waals surface area contributed by atoms with Crippen molar-refractivity contribution in [2.24, 2.45) is 0 Å². The van der Waals surface area contributed by atoms with E-state index >= 15 is 0 Å². The first-order chi connectivity index (χ1) is 5.49. The van der Waals surface area contributed by atoms with Gasteiger partial charge in [0.05, 0.1) is 0 Å². The SMILES string of the molecule is CCC(C)[O][Al]([CH](C)C)[CH](C)C. The van der Waals surface area contributed by atoms with E-state index in [1.54, 1.807) is 0 Å². The zero-order valence-electron chi connectivity index (χ0n) is 9.42. The molecule has 0 aromatic rings. The maximum Gasteiger partial charge on any atom is 0.466 e. The maximum absolute atomic E-state index is 6.06. The Kier molecular flexibility index (Phi) is 6.27. The van der Waals surface area contributed by atoms with Gasteiger partial charge < -0.3 is 3.79 Å². The lowest BCUT2D eigenvalue weighted by molar-refractivity contribution is 0.209. The predicted octanol–water partition coefficient (Wildman–Crippen LogP) is 3.61. The van der Waals surface area contributed by atoms with Gasteiger partial charge in [0.1, 0.15) is 0 Å². The Labute approximate surface area is 82.2 Å². The van der Waals surface area contributed by atoms with Crippen LogP contribution >= 0.6 is 0 Å². The van der Waals surface area contributed by atoms with Crippen molar-refractivity contribution in [3.05, 3.63) is 0 Å².